The minimum atomic E-state index is 0.0727. The zero-order valence-electron chi connectivity index (χ0n) is 10.8. The Bertz CT molecular complexity index is 291. The van der Waals surface area contributed by atoms with Crippen molar-refractivity contribution < 1.29 is 0 Å². The molecular formula is C13H25N3. The second kappa shape index (κ2) is 6.69. The van der Waals surface area contributed by atoms with Gasteiger partial charge in [-0.2, -0.15) is 0 Å². The molecule has 1 heterocycles. The smallest absolute Gasteiger partial charge is 0.0951 e. The summed E-state index contributed by atoms with van der Waals surface area (Å²) in [6, 6.07) is 0.650. The Labute approximate surface area is 99.1 Å². The number of nitrogens with zero attached hydrogens (tertiary/aromatic N) is 2. The first kappa shape index (κ1) is 13.2. The van der Waals surface area contributed by atoms with Crippen molar-refractivity contribution in [3.05, 3.63) is 18.2 Å². The van der Waals surface area contributed by atoms with Gasteiger partial charge in [-0.15, -0.1) is 0 Å². The van der Waals surface area contributed by atoms with Gasteiger partial charge in [0.15, 0.2) is 0 Å². The molecule has 0 saturated heterocycles. The zero-order chi connectivity index (χ0) is 12.0. The maximum absolute atomic E-state index is 5.96. The fraction of sp³-hybridized carbons (Fsp3) is 0.769. The van der Waals surface area contributed by atoms with E-state index in [9.17, 15) is 0 Å². The van der Waals surface area contributed by atoms with Crippen LogP contribution in [0.5, 0.6) is 0 Å². The third-order valence-electron chi connectivity index (χ3n) is 3.07. The highest BCUT2D eigenvalue weighted by molar-refractivity contribution is 5.04. The summed E-state index contributed by atoms with van der Waals surface area (Å²) in [6.07, 6.45) is 10.0. The lowest BCUT2D eigenvalue weighted by Crippen LogP contribution is -2.16. The molecule has 0 radical (unpaired) electrons. The average Bonchev–Trinajstić information content (AvgIpc) is 2.73. The van der Waals surface area contributed by atoms with Crippen LogP contribution in [-0.4, -0.2) is 9.55 Å². The van der Waals surface area contributed by atoms with E-state index in [1.54, 1.807) is 0 Å². The summed E-state index contributed by atoms with van der Waals surface area (Å²) < 4.78 is 2.28. The van der Waals surface area contributed by atoms with E-state index in [-0.39, 0.29) is 6.04 Å². The first-order valence-corrected chi connectivity index (χ1v) is 6.48. The molecule has 2 N–H and O–H groups in total. The Morgan fingerprint density at radius 2 is 2.06 bits per heavy atom. The number of nitrogens with two attached hydrogens (primary N) is 1. The monoisotopic (exact) mass is 223 g/mol. The van der Waals surface area contributed by atoms with Crippen molar-refractivity contribution >= 4 is 0 Å². The normalized spacial score (nSPS) is 15.0. The molecule has 1 rings (SSSR count). The maximum Gasteiger partial charge on any atom is 0.0951 e. The number of rotatable bonds is 7. The van der Waals surface area contributed by atoms with Crippen LogP contribution in [-0.2, 0) is 0 Å². The zero-order valence-corrected chi connectivity index (χ0v) is 10.8. The summed E-state index contributed by atoms with van der Waals surface area (Å²) in [7, 11) is 0. The largest absolute Gasteiger partial charge is 0.330 e. The SMILES string of the molecule is CCCCC(CCC)n1cncc1C(C)N. The van der Waals surface area contributed by atoms with Gasteiger partial charge < -0.3 is 10.3 Å². The third-order valence-corrected chi connectivity index (χ3v) is 3.07. The lowest BCUT2D eigenvalue weighted by molar-refractivity contribution is 0.401. The number of hydrogen-bond donors (Lipinski definition) is 1. The topological polar surface area (TPSA) is 43.8 Å². The third kappa shape index (κ3) is 3.34. The van der Waals surface area contributed by atoms with Crippen molar-refractivity contribution in [2.75, 3.05) is 0 Å². The number of unbranched alkanes of at least 4 members (excludes halogenated alkanes) is 1. The first-order chi connectivity index (χ1) is 7.70. The molecule has 1 aromatic heterocycles. The number of imidazole rings is 1. The minimum Gasteiger partial charge on any atom is -0.330 e. The van der Waals surface area contributed by atoms with Crippen molar-refractivity contribution in [1.29, 1.82) is 0 Å². The van der Waals surface area contributed by atoms with Crippen LogP contribution in [0.1, 0.15) is 70.7 Å². The van der Waals surface area contributed by atoms with Crippen LogP contribution < -0.4 is 5.73 Å². The van der Waals surface area contributed by atoms with Crippen LogP contribution >= 0.6 is 0 Å². The van der Waals surface area contributed by atoms with E-state index < -0.39 is 0 Å². The van der Waals surface area contributed by atoms with Gasteiger partial charge in [-0.05, 0) is 19.8 Å². The lowest BCUT2D eigenvalue weighted by atomic mass is 10.0. The molecule has 3 nitrogen and oxygen atoms in total. The molecule has 0 fully saturated rings. The second-order valence-corrected chi connectivity index (χ2v) is 4.60. The van der Waals surface area contributed by atoms with E-state index in [1.807, 2.05) is 19.4 Å². The van der Waals surface area contributed by atoms with E-state index in [4.69, 9.17) is 5.73 Å². The van der Waals surface area contributed by atoms with Crippen molar-refractivity contribution in [1.82, 2.24) is 9.55 Å². The lowest BCUT2D eigenvalue weighted by Gasteiger charge is -2.21. The molecule has 0 saturated carbocycles. The number of hydrogen-bond acceptors (Lipinski definition) is 2. The first-order valence-electron chi connectivity index (χ1n) is 6.48. The van der Waals surface area contributed by atoms with Gasteiger partial charge in [0, 0.05) is 18.3 Å². The van der Waals surface area contributed by atoms with Gasteiger partial charge in [-0.1, -0.05) is 33.1 Å². The van der Waals surface area contributed by atoms with E-state index >= 15 is 0 Å². The molecule has 1 aromatic rings. The predicted octanol–water partition coefficient (Wildman–Crippen LogP) is 3.43. The summed E-state index contributed by atoms with van der Waals surface area (Å²) in [5.74, 6) is 0. The van der Waals surface area contributed by atoms with Gasteiger partial charge in [-0.3, -0.25) is 0 Å². The van der Waals surface area contributed by atoms with E-state index in [0.717, 1.165) is 5.69 Å². The van der Waals surface area contributed by atoms with Crippen LogP contribution in [0, 0.1) is 0 Å². The van der Waals surface area contributed by atoms with Gasteiger partial charge in [0.05, 0.1) is 12.0 Å². The van der Waals surface area contributed by atoms with E-state index in [1.165, 1.54) is 32.1 Å². The van der Waals surface area contributed by atoms with Crippen LogP contribution in [0.3, 0.4) is 0 Å². The molecule has 0 bridgehead atoms. The molecule has 0 aliphatic heterocycles. The van der Waals surface area contributed by atoms with Crippen molar-refractivity contribution in [3.8, 4) is 0 Å². The Morgan fingerprint density at radius 1 is 1.31 bits per heavy atom. The summed E-state index contributed by atoms with van der Waals surface area (Å²) in [4.78, 5) is 4.24. The van der Waals surface area contributed by atoms with Crippen molar-refractivity contribution in [3.63, 3.8) is 0 Å². The molecule has 92 valence electrons. The standard InChI is InChI=1S/C13H25N3/c1-4-6-8-12(7-5-2)16-10-15-9-13(16)11(3)14/h9-12H,4-8,14H2,1-3H3. The molecule has 2 unspecified atom stereocenters. The summed E-state index contributed by atoms with van der Waals surface area (Å²) in [5, 5.41) is 0. The quantitative estimate of drug-likeness (QED) is 0.769. The minimum absolute atomic E-state index is 0.0727. The molecule has 0 aromatic carbocycles. The summed E-state index contributed by atoms with van der Waals surface area (Å²) >= 11 is 0. The van der Waals surface area contributed by atoms with Gasteiger partial charge in [0.1, 0.15) is 0 Å². The molecule has 2 atom stereocenters. The predicted molar refractivity (Wildman–Crippen MR) is 68.3 cm³/mol. The fourth-order valence-corrected chi connectivity index (χ4v) is 2.17. The maximum atomic E-state index is 5.96. The summed E-state index contributed by atoms with van der Waals surface area (Å²) in [5.41, 5.74) is 7.12. The van der Waals surface area contributed by atoms with Crippen LogP contribution in [0.4, 0.5) is 0 Å². The molecule has 0 spiro atoms. The molecule has 3 heteroatoms. The molecule has 16 heavy (non-hydrogen) atoms. The molecule has 0 aliphatic rings. The van der Waals surface area contributed by atoms with Gasteiger partial charge in [0.2, 0.25) is 0 Å². The van der Waals surface area contributed by atoms with Crippen LogP contribution in [0.15, 0.2) is 12.5 Å². The van der Waals surface area contributed by atoms with Crippen LogP contribution in [0.25, 0.3) is 0 Å². The summed E-state index contributed by atoms with van der Waals surface area (Å²) in [6.45, 7) is 6.50. The highest BCUT2D eigenvalue weighted by atomic mass is 15.1. The van der Waals surface area contributed by atoms with Gasteiger partial charge in [0.25, 0.3) is 0 Å². The molecule has 0 amide bonds. The molecule has 0 aliphatic carbocycles. The Balaban J connectivity index is 2.78. The fourth-order valence-electron chi connectivity index (χ4n) is 2.17. The van der Waals surface area contributed by atoms with E-state index in [2.05, 4.69) is 23.4 Å². The van der Waals surface area contributed by atoms with Crippen molar-refractivity contribution in [2.45, 2.75) is 65.0 Å². The second-order valence-electron chi connectivity index (χ2n) is 4.60. The Morgan fingerprint density at radius 3 is 2.62 bits per heavy atom. The Kier molecular flexibility index (Phi) is 5.53. The van der Waals surface area contributed by atoms with Gasteiger partial charge in [-0.25, -0.2) is 4.98 Å². The van der Waals surface area contributed by atoms with Crippen molar-refractivity contribution in [2.24, 2.45) is 5.73 Å². The van der Waals surface area contributed by atoms with Crippen LogP contribution in [0.2, 0.25) is 0 Å². The highest BCUT2D eigenvalue weighted by Gasteiger charge is 2.14. The van der Waals surface area contributed by atoms with E-state index in [0.29, 0.717) is 6.04 Å². The van der Waals surface area contributed by atoms with Gasteiger partial charge >= 0.3 is 0 Å². The number of aromatic nitrogens is 2. The highest BCUT2D eigenvalue weighted by Crippen LogP contribution is 2.24. The molecular weight excluding hydrogens is 198 g/mol. The Hall–Kier alpha value is -0.830. The average molecular weight is 223 g/mol.